The van der Waals surface area contributed by atoms with E-state index in [4.69, 9.17) is 11.6 Å². The molecule has 0 spiro atoms. The first-order valence-electron chi connectivity index (χ1n) is 6.78. The van der Waals surface area contributed by atoms with Gasteiger partial charge in [-0.05, 0) is 36.4 Å². The van der Waals surface area contributed by atoms with Crippen molar-refractivity contribution >= 4 is 29.0 Å². The van der Waals surface area contributed by atoms with Crippen LogP contribution in [0.25, 0.3) is 5.65 Å². The van der Waals surface area contributed by atoms with Gasteiger partial charge in [0.1, 0.15) is 5.82 Å². The molecule has 3 aromatic rings. The lowest BCUT2D eigenvalue weighted by molar-refractivity contribution is 0.613. The quantitative estimate of drug-likeness (QED) is 0.625. The molecule has 22 heavy (non-hydrogen) atoms. The Morgan fingerprint density at radius 3 is 2.73 bits per heavy atom. The van der Waals surface area contributed by atoms with Crippen LogP contribution >= 0.6 is 23.4 Å². The van der Waals surface area contributed by atoms with Crippen molar-refractivity contribution in [3.05, 3.63) is 70.6 Å². The molecule has 6 heteroatoms. The predicted octanol–water partition coefficient (Wildman–Crippen LogP) is 4.74. The minimum absolute atomic E-state index is 0.275. The maximum Gasteiger partial charge on any atom is 0.173 e. The number of fused-ring (bicyclic) bond motifs is 1. The minimum Gasteiger partial charge on any atom is -0.304 e. The van der Waals surface area contributed by atoms with Crippen molar-refractivity contribution in [2.75, 3.05) is 5.75 Å². The van der Waals surface area contributed by atoms with Gasteiger partial charge >= 0.3 is 0 Å². The van der Waals surface area contributed by atoms with Crippen LogP contribution < -0.4 is 0 Å². The molecule has 0 amide bonds. The average Bonchev–Trinajstić information content (AvgIpc) is 2.90. The Kier molecular flexibility index (Phi) is 4.64. The fraction of sp³-hybridized carbons (Fsp3) is 0.188. The molecule has 2 nitrogen and oxygen atoms in total. The van der Waals surface area contributed by atoms with Crippen LogP contribution in [0.1, 0.15) is 11.3 Å². The maximum absolute atomic E-state index is 13.6. The van der Waals surface area contributed by atoms with Gasteiger partial charge in [0.2, 0.25) is 0 Å². The largest absolute Gasteiger partial charge is 0.304 e. The molecule has 2 heterocycles. The summed E-state index contributed by atoms with van der Waals surface area (Å²) >= 11 is 7.61. The molecular formula is C16H13ClF2N2S. The van der Waals surface area contributed by atoms with E-state index in [1.54, 1.807) is 40.6 Å². The second-order valence-electron chi connectivity index (χ2n) is 4.82. The Labute approximate surface area is 136 Å². The van der Waals surface area contributed by atoms with E-state index in [-0.39, 0.29) is 11.6 Å². The number of rotatable bonds is 5. The second-order valence-corrected chi connectivity index (χ2v) is 6.33. The normalized spacial score (nSPS) is 11.2. The molecule has 0 radical (unpaired) electrons. The second kappa shape index (κ2) is 6.67. The summed E-state index contributed by atoms with van der Waals surface area (Å²) in [4.78, 5) is 4.26. The van der Waals surface area contributed by atoms with Crippen molar-refractivity contribution in [3.63, 3.8) is 0 Å². The summed E-state index contributed by atoms with van der Waals surface area (Å²) in [5.74, 6) is 0.754. The van der Waals surface area contributed by atoms with Crippen LogP contribution in [-0.2, 0) is 12.2 Å². The van der Waals surface area contributed by atoms with Gasteiger partial charge in [-0.15, -0.1) is 0 Å². The summed E-state index contributed by atoms with van der Waals surface area (Å²) in [5.41, 5.74) is 1.67. The summed E-state index contributed by atoms with van der Waals surface area (Å²) in [7, 11) is 0. The molecule has 2 aromatic heterocycles. The third-order valence-electron chi connectivity index (χ3n) is 3.29. The van der Waals surface area contributed by atoms with Gasteiger partial charge in [0, 0.05) is 28.7 Å². The van der Waals surface area contributed by atoms with Crippen molar-refractivity contribution in [2.24, 2.45) is 0 Å². The van der Waals surface area contributed by atoms with Gasteiger partial charge < -0.3 is 4.40 Å². The highest BCUT2D eigenvalue weighted by Crippen LogP contribution is 2.22. The van der Waals surface area contributed by atoms with Crippen LogP contribution in [0, 0.1) is 11.6 Å². The fourth-order valence-corrected chi connectivity index (χ4v) is 3.32. The third-order valence-corrected chi connectivity index (χ3v) is 4.64. The summed E-state index contributed by atoms with van der Waals surface area (Å²) in [6.07, 6.45) is 4.12. The zero-order chi connectivity index (χ0) is 15.5. The van der Waals surface area contributed by atoms with E-state index < -0.39 is 0 Å². The Balaban J connectivity index is 1.60. The van der Waals surface area contributed by atoms with Crippen LogP contribution in [0.3, 0.4) is 0 Å². The van der Waals surface area contributed by atoms with Gasteiger partial charge in [-0.3, -0.25) is 0 Å². The number of pyridine rings is 1. The van der Waals surface area contributed by atoms with Crippen LogP contribution in [0.5, 0.6) is 0 Å². The highest BCUT2D eigenvalue weighted by molar-refractivity contribution is 7.98. The molecule has 0 aliphatic carbocycles. The number of thioether (sulfide) groups is 1. The van der Waals surface area contributed by atoms with Gasteiger partial charge in [-0.25, -0.2) is 13.8 Å². The first-order valence-corrected chi connectivity index (χ1v) is 8.31. The van der Waals surface area contributed by atoms with Gasteiger partial charge in [0.25, 0.3) is 0 Å². The van der Waals surface area contributed by atoms with Crippen molar-refractivity contribution in [1.29, 1.82) is 0 Å². The molecule has 0 aliphatic heterocycles. The number of nitrogens with zero attached hydrogens (tertiary/aromatic N) is 2. The van der Waals surface area contributed by atoms with E-state index in [0.29, 0.717) is 28.4 Å². The Bertz CT molecular complexity index is 784. The SMILES string of the molecule is Fc1cccc(Cl)c1CCSCc1cn2cccc(F)c2n1. The molecule has 1 aromatic carbocycles. The summed E-state index contributed by atoms with van der Waals surface area (Å²) < 4.78 is 28.9. The van der Waals surface area contributed by atoms with E-state index >= 15 is 0 Å². The van der Waals surface area contributed by atoms with Crippen molar-refractivity contribution < 1.29 is 8.78 Å². The number of aromatic nitrogens is 2. The number of halogens is 3. The lowest BCUT2D eigenvalue weighted by atomic mass is 10.1. The Morgan fingerprint density at radius 2 is 1.95 bits per heavy atom. The fourth-order valence-electron chi connectivity index (χ4n) is 2.22. The lowest BCUT2D eigenvalue weighted by Gasteiger charge is -2.05. The minimum atomic E-state index is -0.336. The highest BCUT2D eigenvalue weighted by Gasteiger charge is 2.08. The first kappa shape index (κ1) is 15.3. The zero-order valence-corrected chi connectivity index (χ0v) is 13.2. The molecular weight excluding hydrogens is 326 g/mol. The van der Waals surface area contributed by atoms with Crippen molar-refractivity contribution in [3.8, 4) is 0 Å². The number of hydrogen-bond donors (Lipinski definition) is 0. The Hall–Kier alpha value is -1.59. The molecule has 3 rings (SSSR count). The highest BCUT2D eigenvalue weighted by atomic mass is 35.5. The number of hydrogen-bond acceptors (Lipinski definition) is 2. The van der Waals surface area contributed by atoms with Gasteiger partial charge in [0.05, 0.1) is 5.69 Å². The van der Waals surface area contributed by atoms with Crippen LogP contribution in [0.2, 0.25) is 5.02 Å². The average molecular weight is 339 g/mol. The van der Waals surface area contributed by atoms with Gasteiger partial charge in [-0.2, -0.15) is 11.8 Å². The first-order chi connectivity index (χ1) is 10.6. The smallest absolute Gasteiger partial charge is 0.173 e. The van der Waals surface area contributed by atoms with E-state index in [2.05, 4.69) is 4.98 Å². The van der Waals surface area contributed by atoms with Gasteiger partial charge in [0.15, 0.2) is 11.5 Å². The topological polar surface area (TPSA) is 17.3 Å². The van der Waals surface area contributed by atoms with Crippen LogP contribution in [-0.4, -0.2) is 15.1 Å². The van der Waals surface area contributed by atoms with E-state index in [1.165, 1.54) is 12.1 Å². The van der Waals surface area contributed by atoms with Crippen molar-refractivity contribution in [1.82, 2.24) is 9.38 Å². The van der Waals surface area contributed by atoms with Crippen LogP contribution in [0.15, 0.2) is 42.7 Å². The molecule has 0 atom stereocenters. The molecule has 0 unspecified atom stereocenters. The molecule has 0 saturated heterocycles. The summed E-state index contributed by atoms with van der Waals surface area (Å²) in [6.45, 7) is 0. The maximum atomic E-state index is 13.6. The molecule has 0 saturated carbocycles. The summed E-state index contributed by atoms with van der Waals surface area (Å²) in [6, 6.07) is 7.73. The third kappa shape index (κ3) is 3.25. The molecule has 0 bridgehead atoms. The predicted molar refractivity (Wildman–Crippen MR) is 86.4 cm³/mol. The monoisotopic (exact) mass is 338 g/mol. The van der Waals surface area contributed by atoms with Crippen molar-refractivity contribution in [2.45, 2.75) is 12.2 Å². The lowest BCUT2D eigenvalue weighted by Crippen LogP contribution is -1.95. The number of imidazole rings is 1. The number of benzene rings is 1. The molecule has 0 aliphatic rings. The van der Waals surface area contributed by atoms with Gasteiger partial charge in [-0.1, -0.05) is 17.7 Å². The Morgan fingerprint density at radius 1 is 1.14 bits per heavy atom. The molecule has 0 fully saturated rings. The van der Waals surface area contributed by atoms with Crippen LogP contribution in [0.4, 0.5) is 8.78 Å². The standard InChI is InChI=1S/C16H13ClF2N2S/c17-13-3-1-4-14(18)12(13)6-8-22-10-11-9-21-7-2-5-15(19)16(21)20-11/h1-5,7,9H,6,8,10H2. The molecule has 0 N–H and O–H groups in total. The molecule has 114 valence electrons. The zero-order valence-electron chi connectivity index (χ0n) is 11.6. The van der Waals surface area contributed by atoms with E-state index in [0.717, 1.165) is 11.4 Å². The summed E-state index contributed by atoms with van der Waals surface area (Å²) in [5, 5.41) is 0.454. The van der Waals surface area contributed by atoms with E-state index in [1.807, 2.05) is 6.20 Å². The van der Waals surface area contributed by atoms with E-state index in [9.17, 15) is 8.78 Å².